The lowest BCUT2D eigenvalue weighted by Crippen LogP contribution is -2.28. The molecule has 1 atom stereocenters. The minimum atomic E-state index is -3.24. The second-order valence-electron chi connectivity index (χ2n) is 5.60. The van der Waals surface area contributed by atoms with Crippen LogP contribution in [0, 0.1) is 0 Å². The number of nitrogens with zero attached hydrogens (tertiary/aromatic N) is 1. The molecule has 114 valence electrons. The Hall–Kier alpha value is -2.14. The van der Waals surface area contributed by atoms with Gasteiger partial charge < -0.3 is 4.90 Å². The predicted molar refractivity (Wildman–Crippen MR) is 84.3 cm³/mol. The van der Waals surface area contributed by atoms with Crippen molar-refractivity contribution in [3.05, 3.63) is 65.2 Å². The van der Waals surface area contributed by atoms with Crippen molar-refractivity contribution in [1.82, 2.24) is 4.90 Å². The summed E-state index contributed by atoms with van der Waals surface area (Å²) < 4.78 is 23.0. The summed E-state index contributed by atoms with van der Waals surface area (Å²) in [6, 6.07) is 14.2. The molecule has 0 radical (unpaired) electrons. The number of hydrogen-bond donors (Lipinski definition) is 0. The molecule has 0 saturated heterocycles. The van der Waals surface area contributed by atoms with Crippen molar-refractivity contribution < 1.29 is 13.2 Å². The van der Waals surface area contributed by atoms with Crippen molar-refractivity contribution >= 4 is 15.7 Å². The molecule has 0 aliphatic carbocycles. The first-order valence-electron chi connectivity index (χ1n) is 7.07. The van der Waals surface area contributed by atoms with Gasteiger partial charge in [0, 0.05) is 18.4 Å². The summed E-state index contributed by atoms with van der Waals surface area (Å²) in [4.78, 5) is 14.7. The van der Waals surface area contributed by atoms with Gasteiger partial charge in [-0.3, -0.25) is 4.79 Å². The summed E-state index contributed by atoms with van der Waals surface area (Å²) in [5, 5.41) is 0. The van der Waals surface area contributed by atoms with Crippen LogP contribution in [0.2, 0.25) is 0 Å². The van der Waals surface area contributed by atoms with E-state index in [-0.39, 0.29) is 16.8 Å². The van der Waals surface area contributed by atoms with Crippen molar-refractivity contribution in [2.75, 3.05) is 6.26 Å². The summed E-state index contributed by atoms with van der Waals surface area (Å²) in [6.07, 6.45) is 1.16. The Balaban J connectivity index is 1.87. The Labute approximate surface area is 130 Å². The number of fused-ring (bicyclic) bond motifs is 1. The predicted octanol–water partition coefficient (Wildman–Crippen LogP) is 2.81. The average Bonchev–Trinajstić information content (AvgIpc) is 2.83. The highest BCUT2D eigenvalue weighted by Gasteiger charge is 2.30. The molecule has 1 heterocycles. The van der Waals surface area contributed by atoms with Gasteiger partial charge >= 0.3 is 0 Å². The summed E-state index contributed by atoms with van der Waals surface area (Å²) in [7, 11) is -3.24. The maximum absolute atomic E-state index is 12.7. The highest BCUT2D eigenvalue weighted by atomic mass is 32.2. The molecule has 1 aliphatic rings. The molecule has 0 saturated carbocycles. The number of rotatable bonds is 2. The standard InChI is InChI=1S/C17H17NO3S/c1-12-16-6-4-3-5-14(16)11-18(12)17(19)13-7-9-15(10-8-13)22(2,20)21/h3-10,12H,11H2,1-2H3. The topological polar surface area (TPSA) is 54.5 Å². The number of sulfone groups is 1. The Morgan fingerprint density at radius 1 is 1.09 bits per heavy atom. The third-order valence-electron chi connectivity index (χ3n) is 4.10. The first kappa shape index (κ1) is 14.8. The van der Waals surface area contributed by atoms with E-state index < -0.39 is 9.84 Å². The van der Waals surface area contributed by atoms with Gasteiger partial charge in [0.25, 0.3) is 5.91 Å². The third-order valence-corrected chi connectivity index (χ3v) is 5.23. The fraction of sp³-hybridized carbons (Fsp3) is 0.235. The van der Waals surface area contributed by atoms with Crippen LogP contribution in [0.25, 0.3) is 0 Å². The Morgan fingerprint density at radius 3 is 2.32 bits per heavy atom. The monoisotopic (exact) mass is 315 g/mol. The van der Waals surface area contributed by atoms with Gasteiger partial charge in [0.05, 0.1) is 10.9 Å². The quantitative estimate of drug-likeness (QED) is 0.856. The number of hydrogen-bond acceptors (Lipinski definition) is 3. The van der Waals surface area contributed by atoms with Crippen molar-refractivity contribution in [3.63, 3.8) is 0 Å². The van der Waals surface area contributed by atoms with E-state index in [0.29, 0.717) is 12.1 Å². The molecule has 2 aromatic rings. The highest BCUT2D eigenvalue weighted by molar-refractivity contribution is 7.90. The largest absolute Gasteiger partial charge is 0.328 e. The first-order valence-corrected chi connectivity index (χ1v) is 8.96. The van der Waals surface area contributed by atoms with E-state index in [4.69, 9.17) is 0 Å². The van der Waals surface area contributed by atoms with Crippen LogP contribution in [0.15, 0.2) is 53.4 Å². The molecule has 1 aliphatic heterocycles. The molecule has 22 heavy (non-hydrogen) atoms. The van der Waals surface area contributed by atoms with E-state index in [0.717, 1.165) is 11.8 Å². The lowest BCUT2D eigenvalue weighted by molar-refractivity contribution is 0.0705. The summed E-state index contributed by atoms with van der Waals surface area (Å²) >= 11 is 0. The van der Waals surface area contributed by atoms with E-state index in [9.17, 15) is 13.2 Å². The number of carbonyl (C=O) groups excluding carboxylic acids is 1. The van der Waals surface area contributed by atoms with Gasteiger partial charge in [0.2, 0.25) is 0 Å². The van der Waals surface area contributed by atoms with Crippen molar-refractivity contribution in [2.24, 2.45) is 0 Å². The van der Waals surface area contributed by atoms with E-state index in [1.165, 1.54) is 17.7 Å². The van der Waals surface area contributed by atoms with E-state index in [1.54, 1.807) is 17.0 Å². The molecular formula is C17H17NO3S. The van der Waals surface area contributed by atoms with Crippen LogP contribution in [0.3, 0.4) is 0 Å². The zero-order valence-corrected chi connectivity index (χ0v) is 13.3. The molecule has 2 aromatic carbocycles. The van der Waals surface area contributed by atoms with E-state index in [2.05, 4.69) is 0 Å². The Kier molecular flexibility index (Phi) is 3.53. The maximum Gasteiger partial charge on any atom is 0.254 e. The molecular weight excluding hydrogens is 298 g/mol. The van der Waals surface area contributed by atoms with Gasteiger partial charge in [0.15, 0.2) is 9.84 Å². The van der Waals surface area contributed by atoms with Crippen LogP contribution in [0.5, 0.6) is 0 Å². The summed E-state index contributed by atoms with van der Waals surface area (Å²) in [5.41, 5.74) is 2.84. The summed E-state index contributed by atoms with van der Waals surface area (Å²) in [6.45, 7) is 2.60. The SMILES string of the molecule is CC1c2ccccc2CN1C(=O)c1ccc(S(C)(=O)=O)cc1. The van der Waals surface area contributed by atoms with Crippen LogP contribution in [0.1, 0.15) is 34.5 Å². The van der Waals surface area contributed by atoms with Gasteiger partial charge in [-0.1, -0.05) is 24.3 Å². The maximum atomic E-state index is 12.7. The zero-order valence-electron chi connectivity index (χ0n) is 12.5. The summed E-state index contributed by atoms with van der Waals surface area (Å²) in [5.74, 6) is -0.0799. The van der Waals surface area contributed by atoms with Crippen LogP contribution >= 0.6 is 0 Å². The van der Waals surface area contributed by atoms with Crippen LogP contribution in [0.4, 0.5) is 0 Å². The molecule has 0 fully saturated rings. The molecule has 1 amide bonds. The molecule has 0 aromatic heterocycles. The molecule has 5 heteroatoms. The molecule has 0 bridgehead atoms. The van der Waals surface area contributed by atoms with Gasteiger partial charge in [-0.05, 0) is 42.3 Å². The first-order chi connectivity index (χ1) is 10.4. The minimum Gasteiger partial charge on any atom is -0.328 e. The van der Waals surface area contributed by atoms with Gasteiger partial charge in [-0.2, -0.15) is 0 Å². The van der Waals surface area contributed by atoms with Crippen molar-refractivity contribution in [3.8, 4) is 0 Å². The van der Waals surface area contributed by atoms with Crippen LogP contribution in [-0.4, -0.2) is 25.5 Å². The lowest BCUT2D eigenvalue weighted by atomic mass is 10.1. The second kappa shape index (κ2) is 5.25. The molecule has 0 spiro atoms. The van der Waals surface area contributed by atoms with Crippen LogP contribution in [-0.2, 0) is 16.4 Å². The van der Waals surface area contributed by atoms with Gasteiger partial charge in [-0.25, -0.2) is 8.42 Å². The fourth-order valence-electron chi connectivity index (χ4n) is 2.83. The number of benzene rings is 2. The number of carbonyl (C=O) groups is 1. The van der Waals surface area contributed by atoms with Gasteiger partial charge in [-0.15, -0.1) is 0 Å². The lowest BCUT2D eigenvalue weighted by Gasteiger charge is -2.22. The molecule has 4 nitrogen and oxygen atoms in total. The van der Waals surface area contributed by atoms with Crippen molar-refractivity contribution in [1.29, 1.82) is 0 Å². The van der Waals surface area contributed by atoms with Gasteiger partial charge in [0.1, 0.15) is 0 Å². The third kappa shape index (κ3) is 2.52. The minimum absolute atomic E-state index is 0.0262. The average molecular weight is 315 g/mol. The molecule has 1 unspecified atom stereocenters. The highest BCUT2D eigenvalue weighted by Crippen LogP contribution is 2.34. The van der Waals surface area contributed by atoms with E-state index in [1.807, 2.05) is 31.2 Å². The van der Waals surface area contributed by atoms with Crippen molar-refractivity contribution in [2.45, 2.75) is 24.4 Å². The fourth-order valence-corrected chi connectivity index (χ4v) is 3.46. The molecule has 3 rings (SSSR count). The zero-order chi connectivity index (χ0) is 15.9. The second-order valence-corrected chi connectivity index (χ2v) is 7.62. The number of amides is 1. The normalized spacial score (nSPS) is 17.4. The Morgan fingerprint density at radius 2 is 1.73 bits per heavy atom. The van der Waals surface area contributed by atoms with Crippen LogP contribution < -0.4 is 0 Å². The Bertz CT molecular complexity index is 825. The van der Waals surface area contributed by atoms with E-state index >= 15 is 0 Å². The smallest absolute Gasteiger partial charge is 0.254 e. The molecule has 0 N–H and O–H groups in total.